The summed E-state index contributed by atoms with van der Waals surface area (Å²) in [5.41, 5.74) is 16.1. The molecule has 0 aliphatic heterocycles. The summed E-state index contributed by atoms with van der Waals surface area (Å²) in [5, 5.41) is 4.66. The van der Waals surface area contributed by atoms with Gasteiger partial charge in [-0.2, -0.15) is 0 Å². The van der Waals surface area contributed by atoms with E-state index in [0.29, 0.717) is 0 Å². The minimum Gasteiger partial charge on any atom is -0.456 e. The standard InChI is InChI=1S/C56H40N2O/c1-4-16-39(17-5-1)34-41-20-10-11-23-47(41)48-31-28-44(36-42(48)35-40-18-6-2-7-19-40)57(46-29-32-51-50-25-13-15-27-55(50)59-56(51)38-46)45-30-33-54-52(37-45)49-24-12-14-26-53(49)58(54)43-21-8-3-9-22-43/h1-33,36-38H,34-35H2. The number of para-hydroxylation sites is 3. The lowest BCUT2D eigenvalue weighted by Gasteiger charge is -2.27. The van der Waals surface area contributed by atoms with Gasteiger partial charge in [-0.25, -0.2) is 0 Å². The van der Waals surface area contributed by atoms with E-state index in [0.717, 1.165) is 57.5 Å². The molecule has 0 saturated heterocycles. The lowest BCUT2D eigenvalue weighted by atomic mass is 9.89. The number of hydrogen-bond donors (Lipinski definition) is 0. The Morgan fingerprint density at radius 1 is 0.356 bits per heavy atom. The van der Waals surface area contributed by atoms with Crippen molar-refractivity contribution in [3.8, 4) is 16.8 Å². The van der Waals surface area contributed by atoms with Gasteiger partial charge in [-0.15, -0.1) is 0 Å². The van der Waals surface area contributed by atoms with Crippen molar-refractivity contribution in [2.24, 2.45) is 0 Å². The highest BCUT2D eigenvalue weighted by Gasteiger charge is 2.21. The first kappa shape index (κ1) is 34.6. The molecule has 2 heterocycles. The molecule has 0 aliphatic rings. The summed E-state index contributed by atoms with van der Waals surface area (Å²) in [7, 11) is 0. The molecule has 280 valence electrons. The predicted octanol–water partition coefficient (Wildman–Crippen LogP) is 15.0. The van der Waals surface area contributed by atoms with Crippen LogP contribution in [-0.4, -0.2) is 4.57 Å². The predicted molar refractivity (Wildman–Crippen MR) is 247 cm³/mol. The van der Waals surface area contributed by atoms with Gasteiger partial charge in [-0.1, -0.05) is 146 Å². The number of benzene rings is 9. The molecule has 0 N–H and O–H groups in total. The summed E-state index contributed by atoms with van der Waals surface area (Å²) in [5.74, 6) is 0. The Labute approximate surface area is 343 Å². The second-order valence-corrected chi connectivity index (χ2v) is 15.3. The lowest BCUT2D eigenvalue weighted by Crippen LogP contribution is -2.11. The zero-order valence-corrected chi connectivity index (χ0v) is 32.5. The maximum Gasteiger partial charge on any atom is 0.137 e. The van der Waals surface area contributed by atoms with Crippen LogP contribution in [0.5, 0.6) is 0 Å². The van der Waals surface area contributed by atoms with Gasteiger partial charge < -0.3 is 13.9 Å². The molecule has 11 aromatic rings. The summed E-state index contributed by atoms with van der Waals surface area (Å²) in [6, 6.07) is 78.8. The molecular formula is C56H40N2O. The van der Waals surface area contributed by atoms with Crippen LogP contribution in [0.4, 0.5) is 17.1 Å². The summed E-state index contributed by atoms with van der Waals surface area (Å²) in [4.78, 5) is 2.40. The Hall–Kier alpha value is -7.62. The second-order valence-electron chi connectivity index (χ2n) is 15.3. The van der Waals surface area contributed by atoms with Crippen LogP contribution in [-0.2, 0) is 12.8 Å². The third-order valence-corrected chi connectivity index (χ3v) is 11.7. The Morgan fingerprint density at radius 3 is 1.69 bits per heavy atom. The summed E-state index contributed by atoms with van der Waals surface area (Å²) in [6.45, 7) is 0. The summed E-state index contributed by atoms with van der Waals surface area (Å²) >= 11 is 0. The number of rotatable bonds is 9. The molecule has 3 nitrogen and oxygen atoms in total. The second kappa shape index (κ2) is 14.7. The smallest absolute Gasteiger partial charge is 0.137 e. The van der Waals surface area contributed by atoms with Crippen LogP contribution in [0.2, 0.25) is 0 Å². The zero-order chi connectivity index (χ0) is 39.1. The van der Waals surface area contributed by atoms with E-state index in [2.05, 4.69) is 216 Å². The molecule has 0 atom stereocenters. The van der Waals surface area contributed by atoms with Crippen molar-refractivity contribution in [1.29, 1.82) is 0 Å². The molecule has 0 unspecified atom stereocenters. The van der Waals surface area contributed by atoms with E-state index in [1.54, 1.807) is 0 Å². The highest BCUT2D eigenvalue weighted by molar-refractivity contribution is 6.11. The molecule has 0 fully saturated rings. The van der Waals surface area contributed by atoms with Crippen molar-refractivity contribution in [3.63, 3.8) is 0 Å². The fourth-order valence-corrected chi connectivity index (χ4v) is 8.95. The van der Waals surface area contributed by atoms with Crippen molar-refractivity contribution in [2.75, 3.05) is 4.90 Å². The number of fused-ring (bicyclic) bond motifs is 6. The fraction of sp³-hybridized carbons (Fsp3) is 0.0357. The molecule has 0 saturated carbocycles. The summed E-state index contributed by atoms with van der Waals surface area (Å²) < 4.78 is 8.88. The molecule has 0 bridgehead atoms. The van der Waals surface area contributed by atoms with Gasteiger partial charge in [0.25, 0.3) is 0 Å². The first-order valence-electron chi connectivity index (χ1n) is 20.3. The minimum absolute atomic E-state index is 0.795. The zero-order valence-electron chi connectivity index (χ0n) is 32.5. The van der Waals surface area contributed by atoms with E-state index in [1.165, 1.54) is 55.2 Å². The number of aromatic nitrogens is 1. The number of hydrogen-bond acceptors (Lipinski definition) is 2. The van der Waals surface area contributed by atoms with Gasteiger partial charge in [-0.05, 0) is 113 Å². The maximum atomic E-state index is 6.51. The Balaban J connectivity index is 1.12. The molecular weight excluding hydrogens is 717 g/mol. The Bertz CT molecular complexity index is 3270. The molecule has 3 heteroatoms. The number of nitrogens with zero attached hydrogens (tertiary/aromatic N) is 2. The molecule has 11 rings (SSSR count). The summed E-state index contributed by atoms with van der Waals surface area (Å²) in [6.07, 6.45) is 1.66. The van der Waals surface area contributed by atoms with E-state index < -0.39 is 0 Å². The van der Waals surface area contributed by atoms with Crippen molar-refractivity contribution in [1.82, 2.24) is 4.57 Å². The third kappa shape index (κ3) is 6.34. The van der Waals surface area contributed by atoms with Gasteiger partial charge in [0.1, 0.15) is 11.2 Å². The van der Waals surface area contributed by atoms with Crippen LogP contribution in [0.1, 0.15) is 22.3 Å². The minimum atomic E-state index is 0.795. The van der Waals surface area contributed by atoms with Gasteiger partial charge in [-0.3, -0.25) is 0 Å². The Morgan fingerprint density at radius 2 is 0.898 bits per heavy atom. The first-order valence-corrected chi connectivity index (χ1v) is 20.3. The largest absolute Gasteiger partial charge is 0.456 e. The van der Waals surface area contributed by atoms with Crippen LogP contribution < -0.4 is 4.90 Å². The van der Waals surface area contributed by atoms with E-state index in [9.17, 15) is 0 Å². The molecule has 0 spiro atoms. The maximum absolute atomic E-state index is 6.51. The van der Waals surface area contributed by atoms with Gasteiger partial charge in [0.15, 0.2) is 0 Å². The van der Waals surface area contributed by atoms with Crippen molar-refractivity contribution in [2.45, 2.75) is 12.8 Å². The van der Waals surface area contributed by atoms with Crippen molar-refractivity contribution < 1.29 is 4.42 Å². The lowest BCUT2D eigenvalue weighted by molar-refractivity contribution is 0.669. The van der Waals surface area contributed by atoms with Crippen molar-refractivity contribution in [3.05, 3.63) is 241 Å². The fourth-order valence-electron chi connectivity index (χ4n) is 8.95. The molecule has 0 aliphatic carbocycles. The molecule has 0 radical (unpaired) electrons. The third-order valence-electron chi connectivity index (χ3n) is 11.7. The van der Waals surface area contributed by atoms with Gasteiger partial charge in [0, 0.05) is 50.4 Å². The van der Waals surface area contributed by atoms with Crippen LogP contribution >= 0.6 is 0 Å². The first-order chi connectivity index (χ1) is 29.2. The van der Waals surface area contributed by atoms with Gasteiger partial charge in [0.05, 0.1) is 11.0 Å². The van der Waals surface area contributed by atoms with E-state index in [-0.39, 0.29) is 0 Å². The topological polar surface area (TPSA) is 21.3 Å². The van der Waals surface area contributed by atoms with Crippen LogP contribution in [0, 0.1) is 0 Å². The number of anilines is 3. The quantitative estimate of drug-likeness (QED) is 0.146. The van der Waals surface area contributed by atoms with Crippen molar-refractivity contribution >= 4 is 60.8 Å². The van der Waals surface area contributed by atoms with E-state index >= 15 is 0 Å². The molecule has 9 aromatic carbocycles. The molecule has 2 aromatic heterocycles. The van der Waals surface area contributed by atoms with Crippen LogP contribution in [0.25, 0.3) is 60.6 Å². The average molecular weight is 757 g/mol. The normalized spacial score (nSPS) is 11.5. The van der Waals surface area contributed by atoms with Gasteiger partial charge in [0.2, 0.25) is 0 Å². The Kier molecular flexibility index (Phi) is 8.63. The molecule has 0 amide bonds. The highest BCUT2D eigenvalue weighted by atomic mass is 16.3. The average Bonchev–Trinajstić information content (AvgIpc) is 3.83. The van der Waals surface area contributed by atoms with E-state index in [4.69, 9.17) is 4.42 Å². The SMILES string of the molecule is c1ccc(Cc2ccccc2-c2ccc(N(c3ccc4c(c3)oc3ccccc34)c3ccc4c(c3)c3ccccc3n4-c3ccccc3)cc2Cc2ccccc2)cc1. The highest BCUT2D eigenvalue weighted by Crippen LogP contribution is 2.43. The van der Waals surface area contributed by atoms with Crippen LogP contribution in [0.15, 0.2) is 223 Å². The number of furan rings is 1. The van der Waals surface area contributed by atoms with E-state index in [1.807, 2.05) is 12.1 Å². The monoisotopic (exact) mass is 756 g/mol. The molecule has 59 heavy (non-hydrogen) atoms. The van der Waals surface area contributed by atoms with Gasteiger partial charge >= 0.3 is 0 Å². The van der Waals surface area contributed by atoms with Crippen LogP contribution in [0.3, 0.4) is 0 Å².